The summed E-state index contributed by atoms with van der Waals surface area (Å²) >= 11 is 1.54. The Morgan fingerprint density at radius 2 is 2.00 bits per heavy atom. The van der Waals surface area contributed by atoms with Gasteiger partial charge < -0.3 is 9.64 Å². The Morgan fingerprint density at radius 3 is 2.65 bits per heavy atom. The van der Waals surface area contributed by atoms with Gasteiger partial charge in [-0.25, -0.2) is 4.68 Å². The van der Waals surface area contributed by atoms with Gasteiger partial charge in [-0.15, -0.1) is 0 Å². The summed E-state index contributed by atoms with van der Waals surface area (Å²) in [6.45, 7) is 4.81. The third-order valence-corrected chi connectivity index (χ3v) is 5.99. The van der Waals surface area contributed by atoms with Crippen molar-refractivity contribution in [3.8, 4) is 5.75 Å². The molecule has 1 aromatic heterocycles. The summed E-state index contributed by atoms with van der Waals surface area (Å²) in [7, 11) is 3.84. The third-order valence-electron chi connectivity index (χ3n) is 5.07. The molecule has 0 aliphatic rings. The Kier molecular flexibility index (Phi) is 9.15. The van der Waals surface area contributed by atoms with Crippen molar-refractivity contribution in [1.82, 2.24) is 19.4 Å². The van der Waals surface area contributed by atoms with E-state index in [0.29, 0.717) is 18.2 Å². The number of nitrogens with one attached hydrogen (secondary N) is 2. The Morgan fingerprint density at radius 1 is 1.24 bits per heavy atom. The smallest absolute Gasteiger partial charge is 0.142 e. The second kappa shape index (κ2) is 12.3. The van der Waals surface area contributed by atoms with Gasteiger partial charge in [0.25, 0.3) is 0 Å². The average molecular weight is 482 g/mol. The maximum Gasteiger partial charge on any atom is 0.142 e. The fourth-order valence-corrected chi connectivity index (χ4v) is 4.07. The lowest BCUT2D eigenvalue weighted by Gasteiger charge is -2.22. The van der Waals surface area contributed by atoms with Crippen molar-refractivity contribution >= 4 is 40.5 Å². The van der Waals surface area contributed by atoms with Crippen LogP contribution >= 0.6 is 11.9 Å². The standard InChI is InChI=1S/C25H31N5O3S/c1-18(2)24(28-34-23-10-7-20(27-32)8-11-23)17-33-22-9-12-25-19(14-22)15-26-30(25)21(6-5-13-31)16-29(3)4/h5-16,18,24,27-28,32H,17H2,1-4H3/b6-5-,21-16+. The van der Waals surface area contributed by atoms with Crippen molar-refractivity contribution in [3.05, 3.63) is 67.0 Å². The summed E-state index contributed by atoms with van der Waals surface area (Å²) in [5.74, 6) is 1.13. The molecule has 3 N–H and O–H groups in total. The monoisotopic (exact) mass is 481 g/mol. The number of nitrogens with zero attached hydrogens (tertiary/aromatic N) is 3. The molecule has 1 atom stereocenters. The van der Waals surface area contributed by atoms with Crippen molar-refractivity contribution in [3.63, 3.8) is 0 Å². The van der Waals surface area contributed by atoms with Crippen LogP contribution < -0.4 is 14.9 Å². The number of benzene rings is 2. The molecule has 0 spiro atoms. The zero-order valence-electron chi connectivity index (χ0n) is 19.8. The number of hydrogen-bond donors (Lipinski definition) is 3. The van der Waals surface area contributed by atoms with Gasteiger partial charge in [-0.05, 0) is 72.5 Å². The number of aromatic nitrogens is 2. The highest BCUT2D eigenvalue weighted by Crippen LogP contribution is 2.25. The van der Waals surface area contributed by atoms with Crippen LogP contribution in [0.2, 0.25) is 0 Å². The van der Waals surface area contributed by atoms with Crippen LogP contribution in [0.1, 0.15) is 13.8 Å². The highest BCUT2D eigenvalue weighted by atomic mass is 32.2. The summed E-state index contributed by atoms with van der Waals surface area (Å²) in [6, 6.07) is 13.5. The highest BCUT2D eigenvalue weighted by molar-refractivity contribution is 7.97. The molecule has 1 unspecified atom stereocenters. The zero-order valence-corrected chi connectivity index (χ0v) is 20.6. The van der Waals surface area contributed by atoms with E-state index >= 15 is 0 Å². The van der Waals surface area contributed by atoms with E-state index in [2.05, 4.69) is 29.1 Å². The number of anilines is 1. The third kappa shape index (κ3) is 6.86. The molecule has 0 saturated heterocycles. The van der Waals surface area contributed by atoms with Gasteiger partial charge in [-0.2, -0.15) is 5.10 Å². The molecule has 0 saturated carbocycles. The number of carbonyl (C=O) groups excluding carboxylic acids is 1. The Balaban J connectivity index is 1.68. The first-order valence-corrected chi connectivity index (χ1v) is 11.8. The summed E-state index contributed by atoms with van der Waals surface area (Å²) in [6.07, 6.45) is 7.63. The lowest BCUT2D eigenvalue weighted by atomic mass is 10.1. The van der Waals surface area contributed by atoms with E-state index in [9.17, 15) is 4.79 Å². The second-order valence-electron chi connectivity index (χ2n) is 8.31. The molecule has 0 radical (unpaired) electrons. The van der Waals surface area contributed by atoms with Crippen LogP contribution in [0, 0.1) is 5.92 Å². The van der Waals surface area contributed by atoms with E-state index in [1.807, 2.05) is 67.7 Å². The molecular weight excluding hydrogens is 450 g/mol. The van der Waals surface area contributed by atoms with Gasteiger partial charge in [0.05, 0.1) is 29.1 Å². The van der Waals surface area contributed by atoms with Crippen LogP contribution in [0.3, 0.4) is 0 Å². The average Bonchev–Trinajstić information content (AvgIpc) is 3.25. The second-order valence-corrected chi connectivity index (χ2v) is 9.22. The van der Waals surface area contributed by atoms with E-state index in [1.165, 1.54) is 18.0 Å². The van der Waals surface area contributed by atoms with Crippen LogP contribution in [-0.2, 0) is 4.79 Å². The maximum atomic E-state index is 10.8. The van der Waals surface area contributed by atoms with E-state index in [-0.39, 0.29) is 6.04 Å². The molecule has 34 heavy (non-hydrogen) atoms. The van der Waals surface area contributed by atoms with Crippen LogP contribution in [0.5, 0.6) is 5.75 Å². The minimum Gasteiger partial charge on any atom is -0.492 e. The summed E-state index contributed by atoms with van der Waals surface area (Å²) in [4.78, 5) is 13.8. The number of aldehydes is 1. The van der Waals surface area contributed by atoms with Gasteiger partial charge in [0.1, 0.15) is 18.6 Å². The minimum absolute atomic E-state index is 0.127. The number of hydrogen-bond acceptors (Lipinski definition) is 8. The first-order chi connectivity index (χ1) is 16.4. The summed E-state index contributed by atoms with van der Waals surface area (Å²) < 4.78 is 11.4. The van der Waals surface area contributed by atoms with E-state index in [4.69, 9.17) is 9.94 Å². The van der Waals surface area contributed by atoms with Crippen molar-refractivity contribution in [1.29, 1.82) is 0 Å². The van der Waals surface area contributed by atoms with E-state index < -0.39 is 0 Å². The molecule has 0 fully saturated rings. The molecule has 180 valence electrons. The Bertz CT molecular complexity index is 1140. The zero-order chi connectivity index (χ0) is 24.5. The number of fused-ring (bicyclic) bond motifs is 1. The van der Waals surface area contributed by atoms with Gasteiger partial charge in [-0.1, -0.05) is 13.8 Å². The van der Waals surface area contributed by atoms with Crippen LogP contribution in [-0.4, -0.2) is 52.9 Å². The SMILES string of the molecule is CC(C)C(COc1ccc2c(cnn2C(/C=C\C=O)=C/N(C)C)c1)NSc1ccc(NO)cc1. The van der Waals surface area contributed by atoms with Crippen molar-refractivity contribution in [2.45, 2.75) is 24.8 Å². The fraction of sp³-hybridized carbons (Fsp3) is 0.280. The predicted molar refractivity (Wildman–Crippen MR) is 138 cm³/mol. The Labute approximate surface area is 204 Å². The van der Waals surface area contributed by atoms with Gasteiger partial charge in [-0.3, -0.25) is 20.2 Å². The largest absolute Gasteiger partial charge is 0.492 e. The number of ether oxygens (including phenoxy) is 1. The number of allylic oxidation sites excluding steroid dienone is 3. The number of rotatable bonds is 12. The lowest BCUT2D eigenvalue weighted by molar-refractivity contribution is -0.104. The predicted octanol–water partition coefficient (Wildman–Crippen LogP) is 4.65. The van der Waals surface area contributed by atoms with E-state index in [1.54, 1.807) is 17.0 Å². The first-order valence-electron chi connectivity index (χ1n) is 10.9. The molecule has 2 aromatic carbocycles. The van der Waals surface area contributed by atoms with Crippen molar-refractivity contribution in [2.75, 3.05) is 26.2 Å². The van der Waals surface area contributed by atoms with Gasteiger partial charge in [0.15, 0.2) is 0 Å². The Hall–Kier alpha value is -3.27. The van der Waals surface area contributed by atoms with Crippen LogP contribution in [0.25, 0.3) is 16.6 Å². The molecule has 3 rings (SSSR count). The molecular formula is C25H31N5O3S. The normalized spacial score (nSPS) is 12.9. The van der Waals surface area contributed by atoms with Crippen molar-refractivity contribution < 1.29 is 14.7 Å². The molecule has 0 aliphatic carbocycles. The first kappa shape index (κ1) is 25.4. The van der Waals surface area contributed by atoms with Gasteiger partial charge in [0, 0.05) is 30.6 Å². The van der Waals surface area contributed by atoms with E-state index in [0.717, 1.165) is 33.5 Å². The number of carbonyl (C=O) groups is 1. The van der Waals surface area contributed by atoms with Crippen LogP contribution in [0.15, 0.2) is 71.9 Å². The van der Waals surface area contributed by atoms with Crippen LogP contribution in [0.4, 0.5) is 5.69 Å². The minimum atomic E-state index is 0.127. The maximum absolute atomic E-state index is 10.8. The van der Waals surface area contributed by atoms with Gasteiger partial charge in [0.2, 0.25) is 0 Å². The lowest BCUT2D eigenvalue weighted by Crippen LogP contribution is -2.34. The summed E-state index contributed by atoms with van der Waals surface area (Å²) in [5, 5.41) is 14.4. The molecule has 8 nitrogen and oxygen atoms in total. The quantitative estimate of drug-likeness (QED) is 0.113. The van der Waals surface area contributed by atoms with Gasteiger partial charge >= 0.3 is 0 Å². The molecule has 1 heterocycles. The molecule has 9 heteroatoms. The molecule has 0 aliphatic heterocycles. The van der Waals surface area contributed by atoms with Crippen molar-refractivity contribution in [2.24, 2.45) is 5.92 Å². The highest BCUT2D eigenvalue weighted by Gasteiger charge is 2.15. The molecule has 3 aromatic rings. The fourth-order valence-electron chi connectivity index (χ4n) is 3.17. The molecule has 0 amide bonds. The molecule has 0 bridgehead atoms. The summed E-state index contributed by atoms with van der Waals surface area (Å²) in [5.41, 5.74) is 4.49. The topological polar surface area (TPSA) is 91.7 Å².